The number of benzene rings is 1. The average molecular weight is 269 g/mol. The first-order valence-electron chi connectivity index (χ1n) is 6.34. The van der Waals surface area contributed by atoms with E-state index < -0.39 is 0 Å². The van der Waals surface area contributed by atoms with Crippen molar-refractivity contribution in [1.82, 2.24) is 5.32 Å². The molecule has 1 atom stereocenters. The minimum absolute atomic E-state index is 0. The summed E-state index contributed by atoms with van der Waals surface area (Å²) in [4.78, 5) is 11.9. The number of nitrogens with one attached hydrogen (secondary N) is 2. The molecule has 100 valence electrons. The van der Waals surface area contributed by atoms with Crippen molar-refractivity contribution in [2.24, 2.45) is 0 Å². The largest absolute Gasteiger partial charge is 0.325 e. The Morgan fingerprint density at radius 2 is 2.28 bits per heavy atom. The summed E-state index contributed by atoms with van der Waals surface area (Å²) in [6, 6.07) is 6.10. The van der Waals surface area contributed by atoms with Gasteiger partial charge in [-0.2, -0.15) is 0 Å². The number of hydrogen-bond donors (Lipinski definition) is 2. The van der Waals surface area contributed by atoms with Crippen LogP contribution in [0.5, 0.6) is 0 Å². The average Bonchev–Trinajstić information content (AvgIpc) is 2.85. The number of amides is 1. The van der Waals surface area contributed by atoms with E-state index in [0.29, 0.717) is 0 Å². The predicted octanol–water partition coefficient (Wildman–Crippen LogP) is 2.67. The van der Waals surface area contributed by atoms with Gasteiger partial charge in [0.1, 0.15) is 0 Å². The Morgan fingerprint density at radius 1 is 1.50 bits per heavy atom. The second-order valence-electron chi connectivity index (χ2n) is 4.63. The molecule has 1 saturated heterocycles. The Labute approximate surface area is 115 Å². The molecule has 0 aromatic heterocycles. The van der Waals surface area contributed by atoms with Gasteiger partial charge in [-0.05, 0) is 56.0 Å². The first-order chi connectivity index (χ1) is 8.20. The zero-order valence-corrected chi connectivity index (χ0v) is 11.8. The molecule has 1 unspecified atom stereocenters. The summed E-state index contributed by atoms with van der Waals surface area (Å²) in [5, 5.41) is 6.19. The highest BCUT2D eigenvalue weighted by molar-refractivity contribution is 5.95. The molecule has 2 N–H and O–H groups in total. The van der Waals surface area contributed by atoms with Crippen molar-refractivity contribution in [2.75, 3.05) is 11.9 Å². The highest BCUT2D eigenvalue weighted by Crippen LogP contribution is 2.17. The molecule has 1 aromatic rings. The van der Waals surface area contributed by atoms with Gasteiger partial charge in [0.25, 0.3) is 0 Å². The van der Waals surface area contributed by atoms with Crippen LogP contribution < -0.4 is 10.6 Å². The van der Waals surface area contributed by atoms with E-state index in [1.165, 1.54) is 11.1 Å². The Kier molecular flexibility index (Phi) is 5.63. The van der Waals surface area contributed by atoms with Crippen molar-refractivity contribution in [2.45, 2.75) is 39.2 Å². The standard InChI is InChI=1S/C14H20N2O.ClH/c1-3-11-9-12(7-6-10(11)2)16-14(17)13-5-4-8-15-13;/h6-7,9,13,15H,3-5,8H2,1-2H3,(H,16,17);1H. The fourth-order valence-corrected chi connectivity index (χ4v) is 2.27. The van der Waals surface area contributed by atoms with Gasteiger partial charge in [0.2, 0.25) is 5.91 Å². The lowest BCUT2D eigenvalue weighted by Gasteiger charge is -2.12. The van der Waals surface area contributed by atoms with Gasteiger partial charge in [0.05, 0.1) is 6.04 Å². The van der Waals surface area contributed by atoms with Gasteiger partial charge in [-0.25, -0.2) is 0 Å². The number of aryl methyl sites for hydroxylation is 2. The summed E-state index contributed by atoms with van der Waals surface area (Å²) in [5.74, 6) is 0.0911. The van der Waals surface area contributed by atoms with Crippen molar-refractivity contribution < 1.29 is 4.79 Å². The fraction of sp³-hybridized carbons (Fsp3) is 0.500. The van der Waals surface area contributed by atoms with Gasteiger partial charge in [-0.1, -0.05) is 13.0 Å². The molecular weight excluding hydrogens is 248 g/mol. The summed E-state index contributed by atoms with van der Waals surface area (Å²) in [7, 11) is 0. The van der Waals surface area contributed by atoms with Crippen molar-refractivity contribution in [3.8, 4) is 0 Å². The molecule has 0 spiro atoms. The van der Waals surface area contributed by atoms with E-state index in [4.69, 9.17) is 0 Å². The summed E-state index contributed by atoms with van der Waals surface area (Å²) in [6.45, 7) is 5.18. The number of carbonyl (C=O) groups excluding carboxylic acids is 1. The molecule has 1 heterocycles. The third-order valence-electron chi connectivity index (χ3n) is 3.37. The maximum atomic E-state index is 11.9. The molecule has 1 aliphatic rings. The molecule has 4 heteroatoms. The van der Waals surface area contributed by atoms with E-state index in [1.807, 2.05) is 6.07 Å². The van der Waals surface area contributed by atoms with Crippen LogP contribution in [0.3, 0.4) is 0 Å². The van der Waals surface area contributed by atoms with Gasteiger partial charge in [0.15, 0.2) is 0 Å². The number of anilines is 1. The van der Waals surface area contributed by atoms with E-state index in [-0.39, 0.29) is 24.4 Å². The molecule has 0 radical (unpaired) electrons. The smallest absolute Gasteiger partial charge is 0.241 e. The van der Waals surface area contributed by atoms with E-state index in [2.05, 4.69) is 36.6 Å². The molecular formula is C14H21ClN2O. The predicted molar refractivity (Wildman–Crippen MR) is 77.5 cm³/mol. The van der Waals surface area contributed by atoms with E-state index in [0.717, 1.165) is 31.5 Å². The van der Waals surface area contributed by atoms with Crippen LogP contribution in [-0.2, 0) is 11.2 Å². The lowest BCUT2D eigenvalue weighted by atomic mass is 10.1. The van der Waals surface area contributed by atoms with Crippen LogP contribution in [0.2, 0.25) is 0 Å². The minimum Gasteiger partial charge on any atom is -0.325 e. The molecule has 1 amide bonds. The van der Waals surface area contributed by atoms with Crippen LogP contribution in [0.15, 0.2) is 18.2 Å². The SMILES string of the molecule is CCc1cc(NC(=O)C2CCCN2)ccc1C.Cl. The molecule has 3 nitrogen and oxygen atoms in total. The molecule has 0 saturated carbocycles. The maximum absolute atomic E-state index is 11.9. The first-order valence-corrected chi connectivity index (χ1v) is 6.34. The Morgan fingerprint density at radius 3 is 2.89 bits per heavy atom. The molecule has 2 rings (SSSR count). The third-order valence-corrected chi connectivity index (χ3v) is 3.37. The number of halogens is 1. The van der Waals surface area contributed by atoms with Crippen molar-refractivity contribution in [3.63, 3.8) is 0 Å². The highest BCUT2D eigenvalue weighted by atomic mass is 35.5. The van der Waals surface area contributed by atoms with Crippen LogP contribution >= 0.6 is 12.4 Å². The molecule has 1 fully saturated rings. The molecule has 0 aliphatic carbocycles. The zero-order valence-electron chi connectivity index (χ0n) is 11.0. The van der Waals surface area contributed by atoms with Crippen molar-refractivity contribution in [3.05, 3.63) is 29.3 Å². The second kappa shape index (κ2) is 6.76. The first kappa shape index (κ1) is 15.0. The van der Waals surface area contributed by atoms with E-state index in [1.54, 1.807) is 0 Å². The molecule has 1 aliphatic heterocycles. The third kappa shape index (κ3) is 3.47. The Balaban J connectivity index is 0.00000162. The highest BCUT2D eigenvalue weighted by Gasteiger charge is 2.21. The fourth-order valence-electron chi connectivity index (χ4n) is 2.27. The van der Waals surface area contributed by atoms with Crippen LogP contribution in [0.4, 0.5) is 5.69 Å². The van der Waals surface area contributed by atoms with Gasteiger partial charge in [-0.15, -0.1) is 12.4 Å². The Hall–Kier alpha value is -1.06. The number of carbonyl (C=O) groups is 1. The van der Waals surface area contributed by atoms with Gasteiger partial charge >= 0.3 is 0 Å². The number of rotatable bonds is 3. The summed E-state index contributed by atoms with van der Waals surface area (Å²) >= 11 is 0. The van der Waals surface area contributed by atoms with Crippen molar-refractivity contribution in [1.29, 1.82) is 0 Å². The van der Waals surface area contributed by atoms with Crippen molar-refractivity contribution >= 4 is 24.0 Å². The van der Waals surface area contributed by atoms with Crippen LogP contribution in [0.1, 0.15) is 30.9 Å². The quantitative estimate of drug-likeness (QED) is 0.885. The summed E-state index contributed by atoms with van der Waals surface area (Å²) in [6.07, 6.45) is 3.03. The second-order valence-corrected chi connectivity index (χ2v) is 4.63. The normalized spacial score (nSPS) is 18.2. The number of hydrogen-bond acceptors (Lipinski definition) is 2. The monoisotopic (exact) mass is 268 g/mol. The lowest BCUT2D eigenvalue weighted by molar-refractivity contribution is -0.117. The minimum atomic E-state index is -0.0126. The molecule has 1 aromatic carbocycles. The lowest BCUT2D eigenvalue weighted by Crippen LogP contribution is -2.35. The maximum Gasteiger partial charge on any atom is 0.241 e. The molecule has 18 heavy (non-hydrogen) atoms. The van der Waals surface area contributed by atoms with E-state index >= 15 is 0 Å². The van der Waals surface area contributed by atoms with Crippen LogP contribution in [0, 0.1) is 6.92 Å². The van der Waals surface area contributed by atoms with Gasteiger partial charge in [-0.3, -0.25) is 4.79 Å². The van der Waals surface area contributed by atoms with Crippen LogP contribution in [-0.4, -0.2) is 18.5 Å². The van der Waals surface area contributed by atoms with E-state index in [9.17, 15) is 4.79 Å². The Bertz CT molecular complexity index is 414. The van der Waals surface area contributed by atoms with Gasteiger partial charge in [0, 0.05) is 5.69 Å². The van der Waals surface area contributed by atoms with Crippen LogP contribution in [0.25, 0.3) is 0 Å². The summed E-state index contributed by atoms with van der Waals surface area (Å²) < 4.78 is 0. The summed E-state index contributed by atoms with van der Waals surface area (Å²) in [5.41, 5.74) is 3.48. The van der Waals surface area contributed by atoms with Gasteiger partial charge < -0.3 is 10.6 Å². The topological polar surface area (TPSA) is 41.1 Å². The molecule has 0 bridgehead atoms. The zero-order chi connectivity index (χ0) is 12.3.